The summed E-state index contributed by atoms with van der Waals surface area (Å²) in [4.78, 5) is 53.3. The van der Waals surface area contributed by atoms with Crippen molar-refractivity contribution in [1.82, 2.24) is 15.2 Å². The number of carbonyl (C=O) groups excluding carboxylic acids is 3. The molecule has 0 saturated heterocycles. The summed E-state index contributed by atoms with van der Waals surface area (Å²) in [6.45, 7) is 4.15. The van der Waals surface area contributed by atoms with Gasteiger partial charge in [-0.3, -0.25) is 19.2 Å². The Bertz CT molecular complexity index is 1190. The number of aromatic nitrogens is 1. The highest BCUT2D eigenvalue weighted by Crippen LogP contribution is 2.13. The molecule has 0 fully saturated rings. The number of fused-ring (bicyclic) bond motifs is 1. The molecule has 3 N–H and O–H groups in total. The van der Waals surface area contributed by atoms with Crippen molar-refractivity contribution in [1.29, 1.82) is 0 Å². The Hall–Kier alpha value is -3.94. The first-order chi connectivity index (χ1) is 14.9. The summed E-state index contributed by atoms with van der Waals surface area (Å²) in [6.07, 6.45) is 1.34. The van der Waals surface area contributed by atoms with Gasteiger partial charge in [-0.15, -0.1) is 0 Å². The average Bonchev–Trinajstić information content (AvgIpc) is 2.76. The molecule has 0 bridgehead atoms. The van der Waals surface area contributed by atoms with Crippen LogP contribution in [0.3, 0.4) is 0 Å². The zero-order valence-electron chi connectivity index (χ0n) is 17.4. The molecular formula is C23H24N4O4. The van der Waals surface area contributed by atoms with Gasteiger partial charge in [-0.05, 0) is 36.8 Å². The number of para-hydroxylation sites is 1. The molecule has 0 saturated carbocycles. The maximum absolute atomic E-state index is 12.5. The third-order valence-electron chi connectivity index (χ3n) is 4.85. The molecule has 8 nitrogen and oxygen atoms in total. The number of amides is 3. The molecule has 8 heteroatoms. The molecule has 3 rings (SSSR count). The Morgan fingerprint density at radius 2 is 1.84 bits per heavy atom. The number of pyridine rings is 1. The average molecular weight is 420 g/mol. The van der Waals surface area contributed by atoms with Gasteiger partial charge in [-0.25, -0.2) is 0 Å². The summed E-state index contributed by atoms with van der Waals surface area (Å²) < 4.78 is 0. The van der Waals surface area contributed by atoms with Crippen LogP contribution in [0.2, 0.25) is 0 Å². The lowest BCUT2D eigenvalue weighted by Gasteiger charge is -2.19. The maximum atomic E-state index is 12.5. The van der Waals surface area contributed by atoms with E-state index in [0.29, 0.717) is 29.7 Å². The van der Waals surface area contributed by atoms with E-state index in [9.17, 15) is 19.2 Å². The number of rotatable bonds is 7. The minimum absolute atomic E-state index is 0.0247. The molecule has 0 aliphatic rings. The molecule has 0 unspecified atom stereocenters. The van der Waals surface area contributed by atoms with E-state index in [1.54, 1.807) is 47.4 Å². The Morgan fingerprint density at radius 3 is 2.58 bits per heavy atom. The van der Waals surface area contributed by atoms with Gasteiger partial charge in [0.25, 0.3) is 5.91 Å². The van der Waals surface area contributed by atoms with Gasteiger partial charge in [0, 0.05) is 42.8 Å². The first-order valence-electron chi connectivity index (χ1n) is 9.92. The van der Waals surface area contributed by atoms with E-state index in [1.165, 1.54) is 13.1 Å². The number of anilines is 1. The normalized spacial score (nSPS) is 10.5. The number of carbonyl (C=O) groups is 3. The van der Waals surface area contributed by atoms with Crippen molar-refractivity contribution in [2.24, 2.45) is 0 Å². The van der Waals surface area contributed by atoms with Gasteiger partial charge in [0.1, 0.15) is 5.56 Å². The SMILES string of the molecule is CCN(Cc1cccc(NC(=O)CNC(=O)c2c[nH]c3ccccc3c2=O)c1)C(C)=O. The lowest BCUT2D eigenvalue weighted by atomic mass is 10.1. The van der Waals surface area contributed by atoms with Crippen LogP contribution < -0.4 is 16.1 Å². The van der Waals surface area contributed by atoms with Gasteiger partial charge in [-0.1, -0.05) is 24.3 Å². The molecule has 3 amide bonds. The van der Waals surface area contributed by atoms with Crippen LogP contribution in [0.25, 0.3) is 10.9 Å². The molecule has 0 atom stereocenters. The molecule has 0 aliphatic heterocycles. The summed E-state index contributed by atoms with van der Waals surface area (Å²) in [7, 11) is 0. The molecule has 3 aromatic rings. The van der Waals surface area contributed by atoms with Crippen LogP contribution in [0.5, 0.6) is 0 Å². The van der Waals surface area contributed by atoms with Gasteiger partial charge in [0.05, 0.1) is 6.54 Å². The molecular weight excluding hydrogens is 396 g/mol. The molecule has 1 aromatic heterocycles. The summed E-state index contributed by atoms with van der Waals surface area (Å²) >= 11 is 0. The number of hydrogen-bond donors (Lipinski definition) is 3. The van der Waals surface area contributed by atoms with Crippen molar-refractivity contribution in [2.75, 3.05) is 18.4 Å². The Balaban J connectivity index is 1.61. The van der Waals surface area contributed by atoms with Crippen molar-refractivity contribution in [3.8, 4) is 0 Å². The van der Waals surface area contributed by atoms with Crippen LogP contribution >= 0.6 is 0 Å². The number of H-pyrrole nitrogens is 1. The molecule has 0 aliphatic carbocycles. The number of nitrogens with zero attached hydrogens (tertiary/aromatic N) is 1. The molecule has 1 heterocycles. The Labute approximate surface area is 179 Å². The highest BCUT2D eigenvalue weighted by atomic mass is 16.2. The quantitative estimate of drug-likeness (QED) is 0.544. The lowest BCUT2D eigenvalue weighted by Crippen LogP contribution is -2.35. The first kappa shape index (κ1) is 21.8. The van der Waals surface area contributed by atoms with E-state index in [-0.39, 0.29) is 18.0 Å². The number of aromatic amines is 1. The van der Waals surface area contributed by atoms with Crippen LogP contribution in [-0.4, -0.2) is 40.7 Å². The number of nitrogens with one attached hydrogen (secondary N) is 3. The lowest BCUT2D eigenvalue weighted by molar-refractivity contribution is -0.129. The summed E-state index contributed by atoms with van der Waals surface area (Å²) in [6, 6.07) is 14.0. The zero-order valence-corrected chi connectivity index (χ0v) is 17.4. The molecule has 31 heavy (non-hydrogen) atoms. The highest BCUT2D eigenvalue weighted by Gasteiger charge is 2.14. The fourth-order valence-electron chi connectivity index (χ4n) is 3.21. The van der Waals surface area contributed by atoms with Gasteiger partial charge in [0.15, 0.2) is 0 Å². The van der Waals surface area contributed by atoms with E-state index in [2.05, 4.69) is 15.6 Å². The van der Waals surface area contributed by atoms with Gasteiger partial charge in [-0.2, -0.15) is 0 Å². The Kier molecular flexibility index (Phi) is 6.81. The highest BCUT2D eigenvalue weighted by molar-refractivity contribution is 6.00. The van der Waals surface area contributed by atoms with Gasteiger partial charge >= 0.3 is 0 Å². The van der Waals surface area contributed by atoms with Crippen molar-refractivity contribution in [2.45, 2.75) is 20.4 Å². The second kappa shape index (κ2) is 9.71. The van der Waals surface area contributed by atoms with E-state index in [1.807, 2.05) is 13.0 Å². The predicted octanol–water partition coefficient (Wildman–Crippen LogP) is 2.27. The fraction of sp³-hybridized carbons (Fsp3) is 0.217. The first-order valence-corrected chi connectivity index (χ1v) is 9.92. The minimum atomic E-state index is -0.629. The van der Waals surface area contributed by atoms with E-state index < -0.39 is 17.2 Å². The van der Waals surface area contributed by atoms with Crippen LogP contribution in [-0.2, 0) is 16.1 Å². The standard InChI is InChI=1S/C23H24N4O4/c1-3-27(15(2)28)14-16-7-6-8-17(11-16)26-21(29)13-25-23(31)19-12-24-20-10-5-4-9-18(20)22(19)30/h4-12H,3,13-14H2,1-2H3,(H,24,30)(H,25,31)(H,26,29). The molecule has 2 aromatic carbocycles. The summed E-state index contributed by atoms with van der Waals surface area (Å²) in [5.41, 5.74) is 1.61. The van der Waals surface area contributed by atoms with E-state index in [0.717, 1.165) is 5.56 Å². The number of benzene rings is 2. The largest absolute Gasteiger partial charge is 0.360 e. The number of hydrogen-bond acceptors (Lipinski definition) is 4. The van der Waals surface area contributed by atoms with Gasteiger partial charge < -0.3 is 20.5 Å². The third kappa shape index (κ3) is 5.36. The van der Waals surface area contributed by atoms with Crippen molar-refractivity contribution in [3.63, 3.8) is 0 Å². The Morgan fingerprint density at radius 1 is 1.06 bits per heavy atom. The van der Waals surface area contributed by atoms with Crippen LogP contribution in [0.1, 0.15) is 29.8 Å². The van der Waals surface area contributed by atoms with Crippen LogP contribution in [0.4, 0.5) is 5.69 Å². The van der Waals surface area contributed by atoms with Crippen molar-refractivity contribution < 1.29 is 14.4 Å². The van der Waals surface area contributed by atoms with E-state index >= 15 is 0 Å². The molecule has 160 valence electrons. The second-order valence-corrected chi connectivity index (χ2v) is 7.04. The van der Waals surface area contributed by atoms with Crippen molar-refractivity contribution >= 4 is 34.3 Å². The third-order valence-corrected chi connectivity index (χ3v) is 4.85. The zero-order chi connectivity index (χ0) is 22.4. The predicted molar refractivity (Wildman–Crippen MR) is 119 cm³/mol. The summed E-state index contributed by atoms with van der Waals surface area (Å²) in [5, 5.41) is 5.59. The fourth-order valence-corrected chi connectivity index (χ4v) is 3.21. The molecule has 0 radical (unpaired) electrons. The smallest absolute Gasteiger partial charge is 0.257 e. The second-order valence-electron chi connectivity index (χ2n) is 7.04. The summed E-state index contributed by atoms with van der Waals surface area (Å²) in [5.74, 6) is -1.08. The van der Waals surface area contributed by atoms with Gasteiger partial charge in [0.2, 0.25) is 17.2 Å². The minimum Gasteiger partial charge on any atom is -0.360 e. The monoisotopic (exact) mass is 420 g/mol. The van der Waals surface area contributed by atoms with Crippen LogP contribution in [0.15, 0.2) is 59.5 Å². The van der Waals surface area contributed by atoms with Crippen molar-refractivity contribution in [3.05, 3.63) is 76.1 Å². The van der Waals surface area contributed by atoms with E-state index in [4.69, 9.17) is 0 Å². The molecule has 0 spiro atoms. The van der Waals surface area contributed by atoms with Crippen LogP contribution in [0, 0.1) is 0 Å². The maximum Gasteiger partial charge on any atom is 0.257 e. The topological polar surface area (TPSA) is 111 Å².